The van der Waals surface area contributed by atoms with Crippen molar-refractivity contribution in [2.45, 2.75) is 12.6 Å². The summed E-state index contributed by atoms with van der Waals surface area (Å²) in [6, 6.07) is 2.64. The zero-order chi connectivity index (χ0) is 12.1. The summed E-state index contributed by atoms with van der Waals surface area (Å²) < 4.78 is 14.2. The van der Waals surface area contributed by atoms with Crippen molar-refractivity contribution in [1.29, 1.82) is 0 Å². The molecule has 0 unspecified atom stereocenters. The van der Waals surface area contributed by atoms with Gasteiger partial charge in [0.1, 0.15) is 5.82 Å². The van der Waals surface area contributed by atoms with E-state index >= 15 is 0 Å². The summed E-state index contributed by atoms with van der Waals surface area (Å²) in [5, 5.41) is 20.5. The second kappa shape index (κ2) is 6.51. The van der Waals surface area contributed by atoms with E-state index in [0.717, 1.165) is 0 Å². The predicted octanol–water partition coefficient (Wildman–Crippen LogP) is 1.68. The molecule has 0 aliphatic heterocycles. The molecule has 0 radical (unpaired) electrons. The Hall–Kier alpha value is -0.200. The third kappa shape index (κ3) is 3.40. The van der Waals surface area contributed by atoms with Crippen LogP contribution in [0.3, 0.4) is 0 Å². The van der Waals surface area contributed by atoms with Gasteiger partial charge in [-0.15, -0.1) is 0 Å². The predicted molar refractivity (Wildman–Crippen MR) is 63.9 cm³/mol. The van der Waals surface area contributed by atoms with Gasteiger partial charge in [0, 0.05) is 16.6 Å². The van der Waals surface area contributed by atoms with Crippen LogP contribution >= 0.6 is 27.5 Å². The van der Waals surface area contributed by atoms with Gasteiger partial charge >= 0.3 is 0 Å². The molecule has 0 fully saturated rings. The van der Waals surface area contributed by atoms with Crippen molar-refractivity contribution in [2.24, 2.45) is 0 Å². The van der Waals surface area contributed by atoms with E-state index in [2.05, 4.69) is 21.2 Å². The Bertz CT molecular complexity index is 361. The highest BCUT2D eigenvalue weighted by Gasteiger charge is 2.12. The van der Waals surface area contributed by atoms with Crippen molar-refractivity contribution in [3.63, 3.8) is 0 Å². The zero-order valence-corrected chi connectivity index (χ0v) is 10.7. The van der Waals surface area contributed by atoms with E-state index in [1.54, 1.807) is 6.07 Å². The third-order valence-corrected chi connectivity index (χ3v) is 3.18. The lowest BCUT2D eigenvalue weighted by Crippen LogP contribution is -2.35. The van der Waals surface area contributed by atoms with Gasteiger partial charge in [0.15, 0.2) is 0 Å². The highest BCUT2D eigenvalue weighted by molar-refractivity contribution is 9.10. The Morgan fingerprint density at radius 2 is 2.00 bits per heavy atom. The second-order valence-corrected chi connectivity index (χ2v) is 4.53. The lowest BCUT2D eigenvalue weighted by molar-refractivity contribution is 0.170. The van der Waals surface area contributed by atoms with Gasteiger partial charge in [-0.25, -0.2) is 4.39 Å². The molecular formula is C10H12BrClFNO2. The largest absolute Gasteiger partial charge is 0.395 e. The summed E-state index contributed by atoms with van der Waals surface area (Å²) in [6.45, 7) is -0.245. The highest BCUT2D eigenvalue weighted by Crippen LogP contribution is 2.25. The number of halogens is 3. The lowest BCUT2D eigenvalue weighted by Gasteiger charge is -2.14. The fraction of sp³-hybridized carbons (Fsp3) is 0.400. The minimum absolute atomic E-state index is 0.0459. The maximum atomic E-state index is 13.6. The molecule has 0 amide bonds. The van der Waals surface area contributed by atoms with Crippen molar-refractivity contribution < 1.29 is 14.6 Å². The van der Waals surface area contributed by atoms with Gasteiger partial charge in [0.05, 0.1) is 24.3 Å². The van der Waals surface area contributed by atoms with Gasteiger partial charge in [0.2, 0.25) is 0 Å². The van der Waals surface area contributed by atoms with Crippen LogP contribution in [0.2, 0.25) is 5.02 Å². The minimum Gasteiger partial charge on any atom is -0.395 e. The number of nitrogens with one attached hydrogen (secondary N) is 1. The van der Waals surface area contributed by atoms with Crippen LogP contribution in [0.25, 0.3) is 0 Å². The number of hydrogen-bond donors (Lipinski definition) is 3. The average molecular weight is 313 g/mol. The Labute approximate surface area is 106 Å². The van der Waals surface area contributed by atoms with Crippen molar-refractivity contribution in [3.8, 4) is 0 Å². The normalized spacial score (nSPS) is 11.1. The van der Waals surface area contributed by atoms with Crippen molar-refractivity contribution in [1.82, 2.24) is 5.32 Å². The first-order valence-corrected chi connectivity index (χ1v) is 5.84. The molecule has 6 heteroatoms. The molecule has 1 aromatic carbocycles. The number of rotatable bonds is 5. The summed E-state index contributed by atoms with van der Waals surface area (Å²) in [7, 11) is 0. The van der Waals surface area contributed by atoms with E-state index in [9.17, 15) is 4.39 Å². The first-order valence-electron chi connectivity index (χ1n) is 4.67. The molecule has 0 atom stereocenters. The van der Waals surface area contributed by atoms with Gasteiger partial charge in [0.25, 0.3) is 0 Å². The van der Waals surface area contributed by atoms with Crippen molar-refractivity contribution >= 4 is 27.5 Å². The molecule has 0 saturated carbocycles. The molecule has 0 aliphatic rings. The molecule has 3 nitrogen and oxygen atoms in total. The van der Waals surface area contributed by atoms with Crippen LogP contribution < -0.4 is 5.32 Å². The Balaban J connectivity index is 2.77. The molecule has 0 aromatic heterocycles. The van der Waals surface area contributed by atoms with Gasteiger partial charge in [-0.3, -0.25) is 0 Å². The third-order valence-electron chi connectivity index (χ3n) is 2.15. The molecule has 0 saturated heterocycles. The van der Waals surface area contributed by atoms with E-state index in [4.69, 9.17) is 21.8 Å². The molecule has 16 heavy (non-hydrogen) atoms. The van der Waals surface area contributed by atoms with Crippen molar-refractivity contribution in [3.05, 3.63) is 33.0 Å². The monoisotopic (exact) mass is 311 g/mol. The first kappa shape index (κ1) is 13.9. The van der Waals surface area contributed by atoms with Crippen LogP contribution in [0, 0.1) is 5.82 Å². The Morgan fingerprint density at radius 3 is 2.56 bits per heavy atom. The van der Waals surface area contributed by atoms with Gasteiger partial charge in [-0.2, -0.15) is 0 Å². The van der Waals surface area contributed by atoms with Crippen LogP contribution in [-0.2, 0) is 6.54 Å². The quantitative estimate of drug-likeness (QED) is 0.725. The smallest absolute Gasteiger partial charge is 0.147 e. The standard InChI is InChI=1S/C10H12BrClFNO2/c11-8-1-2-9(12)10(13)7(8)3-14-6(4-15)5-16/h1-2,6,14-16H,3-5H2. The topological polar surface area (TPSA) is 52.5 Å². The highest BCUT2D eigenvalue weighted by atomic mass is 79.9. The van der Waals surface area contributed by atoms with Crippen LogP contribution in [0.4, 0.5) is 4.39 Å². The first-order chi connectivity index (χ1) is 7.60. The van der Waals surface area contributed by atoms with E-state index in [1.807, 2.05) is 0 Å². The average Bonchev–Trinajstić information content (AvgIpc) is 2.29. The van der Waals surface area contributed by atoms with Crippen molar-refractivity contribution in [2.75, 3.05) is 13.2 Å². The second-order valence-electron chi connectivity index (χ2n) is 3.26. The van der Waals surface area contributed by atoms with Crippen LogP contribution in [0.1, 0.15) is 5.56 Å². The van der Waals surface area contributed by atoms with Crippen LogP contribution in [-0.4, -0.2) is 29.5 Å². The van der Waals surface area contributed by atoms with Gasteiger partial charge in [-0.05, 0) is 12.1 Å². The fourth-order valence-corrected chi connectivity index (χ4v) is 1.79. The lowest BCUT2D eigenvalue weighted by atomic mass is 10.2. The number of aliphatic hydroxyl groups excluding tert-OH is 2. The SMILES string of the molecule is OCC(CO)NCc1c(Br)ccc(Cl)c1F. The zero-order valence-electron chi connectivity index (χ0n) is 8.38. The summed E-state index contributed by atoms with van der Waals surface area (Å²) in [6.07, 6.45) is 0. The minimum atomic E-state index is -0.502. The van der Waals surface area contributed by atoms with E-state index in [-0.39, 0.29) is 24.8 Å². The van der Waals surface area contributed by atoms with Crippen LogP contribution in [0.5, 0.6) is 0 Å². The molecule has 0 aliphatic carbocycles. The Kier molecular flexibility index (Phi) is 5.64. The van der Waals surface area contributed by atoms with Gasteiger partial charge < -0.3 is 15.5 Å². The molecule has 0 heterocycles. The summed E-state index contributed by atoms with van der Waals surface area (Å²) in [5.74, 6) is -0.502. The molecule has 90 valence electrons. The van der Waals surface area contributed by atoms with Gasteiger partial charge in [-0.1, -0.05) is 27.5 Å². The van der Waals surface area contributed by atoms with E-state index in [1.165, 1.54) is 6.07 Å². The summed E-state index contributed by atoms with van der Waals surface area (Å²) in [4.78, 5) is 0. The van der Waals surface area contributed by atoms with Crippen LogP contribution in [0.15, 0.2) is 16.6 Å². The molecular weight excluding hydrogens is 300 g/mol. The fourth-order valence-electron chi connectivity index (χ4n) is 1.16. The summed E-state index contributed by atoms with van der Waals surface area (Å²) in [5.41, 5.74) is 0.374. The molecule has 0 spiro atoms. The molecule has 1 rings (SSSR count). The molecule has 0 bridgehead atoms. The van der Waals surface area contributed by atoms with E-state index < -0.39 is 11.9 Å². The number of aliphatic hydroxyl groups is 2. The maximum Gasteiger partial charge on any atom is 0.147 e. The van der Waals surface area contributed by atoms with E-state index in [0.29, 0.717) is 10.0 Å². The Morgan fingerprint density at radius 1 is 1.38 bits per heavy atom. The maximum absolute atomic E-state index is 13.6. The number of benzene rings is 1. The number of hydrogen-bond acceptors (Lipinski definition) is 3. The molecule has 1 aromatic rings. The summed E-state index contributed by atoms with van der Waals surface area (Å²) >= 11 is 8.86. The molecule has 3 N–H and O–H groups in total.